The Labute approximate surface area is 121 Å². The molecule has 0 saturated heterocycles. The van der Waals surface area contributed by atoms with E-state index >= 15 is 0 Å². The van der Waals surface area contributed by atoms with E-state index in [4.69, 9.17) is 16.3 Å². The Balaban J connectivity index is 1.83. The van der Waals surface area contributed by atoms with Gasteiger partial charge in [0, 0.05) is 17.6 Å². The Morgan fingerprint density at radius 1 is 1.40 bits per heavy atom. The summed E-state index contributed by atoms with van der Waals surface area (Å²) < 4.78 is 5.76. The van der Waals surface area contributed by atoms with E-state index in [1.165, 1.54) is 12.8 Å². The molecule has 0 bridgehead atoms. The van der Waals surface area contributed by atoms with Crippen molar-refractivity contribution in [1.29, 1.82) is 0 Å². The van der Waals surface area contributed by atoms with Gasteiger partial charge in [0.2, 0.25) is 5.82 Å². The molecule has 1 aromatic heterocycles. The van der Waals surface area contributed by atoms with Crippen LogP contribution in [0.4, 0.5) is 5.69 Å². The first-order valence-electron chi connectivity index (χ1n) is 6.76. The normalized spacial score (nSPS) is 17.8. The SMILES string of the molecule is Clc1cc2c(c(-c3nn[nH]n3)c1)N(CC1CC1)CCO2. The molecule has 7 heteroatoms. The number of nitrogens with zero attached hydrogens (tertiary/aromatic N) is 4. The van der Waals surface area contributed by atoms with Gasteiger partial charge in [-0.1, -0.05) is 11.6 Å². The summed E-state index contributed by atoms with van der Waals surface area (Å²) in [6.45, 7) is 2.63. The Morgan fingerprint density at radius 2 is 2.30 bits per heavy atom. The minimum absolute atomic E-state index is 0.551. The number of hydrogen-bond acceptors (Lipinski definition) is 5. The third kappa shape index (κ3) is 2.10. The fraction of sp³-hybridized carbons (Fsp3) is 0.462. The predicted octanol–water partition coefficient (Wildman–Crippen LogP) is 2.13. The molecule has 1 N–H and O–H groups in total. The third-order valence-corrected chi connectivity index (χ3v) is 3.95. The number of fused-ring (bicyclic) bond motifs is 1. The maximum Gasteiger partial charge on any atom is 0.206 e. The molecule has 104 valence electrons. The van der Waals surface area contributed by atoms with E-state index < -0.39 is 0 Å². The van der Waals surface area contributed by atoms with Crippen molar-refractivity contribution in [3.8, 4) is 17.1 Å². The van der Waals surface area contributed by atoms with Gasteiger partial charge in [0.15, 0.2) is 0 Å². The molecule has 0 radical (unpaired) electrons. The highest BCUT2D eigenvalue weighted by Gasteiger charge is 2.30. The van der Waals surface area contributed by atoms with Crippen LogP contribution in [0.25, 0.3) is 11.4 Å². The van der Waals surface area contributed by atoms with E-state index in [0.29, 0.717) is 17.5 Å². The maximum absolute atomic E-state index is 6.18. The van der Waals surface area contributed by atoms with Crippen LogP contribution in [0.1, 0.15) is 12.8 Å². The highest BCUT2D eigenvalue weighted by Crippen LogP contribution is 2.43. The zero-order chi connectivity index (χ0) is 13.5. The van der Waals surface area contributed by atoms with Crippen molar-refractivity contribution < 1.29 is 4.74 Å². The minimum atomic E-state index is 0.551. The van der Waals surface area contributed by atoms with Crippen molar-refractivity contribution in [3.05, 3.63) is 17.2 Å². The molecular weight excluding hydrogens is 278 g/mol. The molecule has 2 heterocycles. The first-order chi connectivity index (χ1) is 9.81. The monoisotopic (exact) mass is 291 g/mol. The first kappa shape index (κ1) is 12.0. The molecule has 1 aliphatic heterocycles. The van der Waals surface area contributed by atoms with E-state index in [1.54, 1.807) is 0 Å². The number of benzene rings is 1. The van der Waals surface area contributed by atoms with Crippen molar-refractivity contribution >= 4 is 17.3 Å². The van der Waals surface area contributed by atoms with Crippen molar-refractivity contribution in [3.63, 3.8) is 0 Å². The number of ether oxygens (including phenoxy) is 1. The Bertz CT molecular complexity index is 626. The highest BCUT2D eigenvalue weighted by atomic mass is 35.5. The number of aromatic nitrogens is 4. The minimum Gasteiger partial charge on any atom is -0.489 e. The Morgan fingerprint density at radius 3 is 3.05 bits per heavy atom. The fourth-order valence-corrected chi connectivity index (χ4v) is 2.84. The second-order valence-electron chi connectivity index (χ2n) is 5.27. The molecule has 2 aliphatic rings. The lowest BCUT2D eigenvalue weighted by Gasteiger charge is -2.32. The van der Waals surface area contributed by atoms with Crippen LogP contribution in [-0.2, 0) is 0 Å². The van der Waals surface area contributed by atoms with E-state index in [0.717, 1.165) is 36.0 Å². The number of anilines is 1. The van der Waals surface area contributed by atoms with Crippen LogP contribution in [0, 0.1) is 5.92 Å². The summed E-state index contributed by atoms with van der Waals surface area (Å²) in [4.78, 5) is 2.36. The molecule has 1 aliphatic carbocycles. The highest BCUT2D eigenvalue weighted by molar-refractivity contribution is 6.31. The summed E-state index contributed by atoms with van der Waals surface area (Å²) in [5.74, 6) is 2.16. The van der Waals surface area contributed by atoms with Crippen molar-refractivity contribution in [2.45, 2.75) is 12.8 Å². The van der Waals surface area contributed by atoms with Gasteiger partial charge in [-0.3, -0.25) is 0 Å². The maximum atomic E-state index is 6.18. The number of hydrogen-bond donors (Lipinski definition) is 1. The van der Waals surface area contributed by atoms with Crippen LogP contribution < -0.4 is 9.64 Å². The summed E-state index contributed by atoms with van der Waals surface area (Å²) in [5.41, 5.74) is 1.91. The molecule has 0 spiro atoms. The fourth-order valence-electron chi connectivity index (χ4n) is 2.63. The third-order valence-electron chi connectivity index (χ3n) is 3.74. The lowest BCUT2D eigenvalue weighted by atomic mass is 10.1. The van der Waals surface area contributed by atoms with E-state index in [1.807, 2.05) is 12.1 Å². The van der Waals surface area contributed by atoms with Crippen molar-refractivity contribution in [2.24, 2.45) is 5.92 Å². The molecule has 0 amide bonds. The summed E-state index contributed by atoms with van der Waals surface area (Å²) in [7, 11) is 0. The van der Waals surface area contributed by atoms with Gasteiger partial charge in [0.25, 0.3) is 0 Å². The predicted molar refractivity (Wildman–Crippen MR) is 75.1 cm³/mol. The zero-order valence-electron chi connectivity index (χ0n) is 10.8. The summed E-state index contributed by atoms with van der Waals surface area (Å²) >= 11 is 6.18. The molecule has 2 aromatic rings. The summed E-state index contributed by atoms with van der Waals surface area (Å²) in [6.07, 6.45) is 2.63. The van der Waals surface area contributed by atoms with Gasteiger partial charge in [-0.15, -0.1) is 10.2 Å². The molecule has 1 fully saturated rings. The molecule has 20 heavy (non-hydrogen) atoms. The van der Waals surface area contributed by atoms with Gasteiger partial charge >= 0.3 is 0 Å². The van der Waals surface area contributed by atoms with Gasteiger partial charge in [0.1, 0.15) is 12.4 Å². The van der Waals surface area contributed by atoms with Crippen LogP contribution in [0.2, 0.25) is 5.02 Å². The number of nitrogens with one attached hydrogen (secondary N) is 1. The molecule has 6 nitrogen and oxygen atoms in total. The second kappa shape index (κ2) is 4.63. The van der Waals surface area contributed by atoms with Crippen LogP contribution >= 0.6 is 11.6 Å². The zero-order valence-corrected chi connectivity index (χ0v) is 11.6. The van der Waals surface area contributed by atoms with E-state index in [2.05, 4.69) is 25.5 Å². The van der Waals surface area contributed by atoms with E-state index in [9.17, 15) is 0 Å². The first-order valence-corrected chi connectivity index (χ1v) is 7.14. The number of halogens is 1. The van der Waals surface area contributed by atoms with Crippen LogP contribution in [0.3, 0.4) is 0 Å². The molecule has 4 rings (SSSR count). The van der Waals surface area contributed by atoms with Crippen molar-refractivity contribution in [2.75, 3.05) is 24.6 Å². The quantitative estimate of drug-likeness (QED) is 0.938. The second-order valence-corrected chi connectivity index (χ2v) is 5.71. The van der Waals surface area contributed by atoms with Gasteiger partial charge in [-0.05, 0) is 30.0 Å². The number of H-pyrrole nitrogens is 1. The Hall–Kier alpha value is -1.82. The summed E-state index contributed by atoms with van der Waals surface area (Å²) in [6, 6.07) is 3.74. The molecular formula is C13H14ClN5O. The van der Waals surface area contributed by atoms with Gasteiger partial charge < -0.3 is 9.64 Å². The molecule has 1 aromatic carbocycles. The van der Waals surface area contributed by atoms with E-state index in [-0.39, 0.29) is 0 Å². The topological polar surface area (TPSA) is 66.9 Å². The number of rotatable bonds is 3. The van der Waals surface area contributed by atoms with Gasteiger partial charge in [0.05, 0.1) is 17.8 Å². The Kier molecular flexibility index (Phi) is 2.77. The largest absolute Gasteiger partial charge is 0.489 e. The lowest BCUT2D eigenvalue weighted by Crippen LogP contribution is -2.34. The molecule has 1 saturated carbocycles. The van der Waals surface area contributed by atoms with Crippen LogP contribution in [0.5, 0.6) is 5.75 Å². The van der Waals surface area contributed by atoms with Crippen LogP contribution in [-0.4, -0.2) is 40.3 Å². The average molecular weight is 292 g/mol. The van der Waals surface area contributed by atoms with Crippen LogP contribution in [0.15, 0.2) is 12.1 Å². The average Bonchev–Trinajstić information content (AvgIpc) is 3.08. The number of tetrazole rings is 1. The summed E-state index contributed by atoms with van der Waals surface area (Å²) in [5, 5.41) is 14.9. The molecule has 0 unspecified atom stereocenters. The lowest BCUT2D eigenvalue weighted by molar-refractivity contribution is 0.307. The number of aromatic amines is 1. The van der Waals surface area contributed by atoms with Gasteiger partial charge in [-0.2, -0.15) is 5.21 Å². The smallest absolute Gasteiger partial charge is 0.206 e. The standard InChI is InChI=1S/C13H14ClN5O/c14-9-5-10(13-15-17-18-16-13)12-11(6-9)20-4-3-19(12)7-8-1-2-8/h5-6,8H,1-4,7H2,(H,15,16,17,18). The van der Waals surface area contributed by atoms with Gasteiger partial charge in [-0.25, -0.2) is 0 Å². The molecule has 0 atom stereocenters. The van der Waals surface area contributed by atoms with Crippen molar-refractivity contribution in [1.82, 2.24) is 20.6 Å².